The molecule has 1 aromatic rings. The minimum atomic E-state index is -0.0259. The van der Waals surface area contributed by atoms with Crippen LogP contribution in [0.25, 0.3) is 0 Å². The number of hydrogen-bond donors (Lipinski definition) is 0. The molecule has 0 spiro atoms. The summed E-state index contributed by atoms with van der Waals surface area (Å²) in [5.74, 6) is 0.0705. The first-order valence-corrected chi connectivity index (χ1v) is 12.8. The molecule has 1 aromatic carbocycles. The van der Waals surface area contributed by atoms with Gasteiger partial charge in [0.25, 0.3) is 0 Å². The van der Waals surface area contributed by atoms with Gasteiger partial charge in [-0.25, -0.2) is 0 Å². The second kappa shape index (κ2) is 18.3. The van der Waals surface area contributed by atoms with Crippen LogP contribution in [0.3, 0.4) is 0 Å². The van der Waals surface area contributed by atoms with E-state index in [1.165, 1.54) is 89.0 Å². The summed E-state index contributed by atoms with van der Waals surface area (Å²) in [5, 5.41) is 0. The van der Waals surface area contributed by atoms with E-state index in [1.807, 2.05) is 12.1 Å². The molecule has 1 rings (SSSR count). The van der Waals surface area contributed by atoms with Crippen LogP contribution in [-0.2, 0) is 11.2 Å². The Morgan fingerprint density at radius 1 is 0.600 bits per heavy atom. The number of carbonyl (C=O) groups is 2. The van der Waals surface area contributed by atoms with Crippen molar-refractivity contribution in [2.75, 3.05) is 0 Å². The van der Waals surface area contributed by atoms with Gasteiger partial charge in [-0.3, -0.25) is 9.59 Å². The lowest BCUT2D eigenvalue weighted by molar-refractivity contribution is -0.118. The summed E-state index contributed by atoms with van der Waals surface area (Å²) in [5.41, 5.74) is 1.98. The number of rotatable bonds is 20. The predicted octanol–water partition coefficient (Wildman–Crippen LogP) is 8.65. The van der Waals surface area contributed by atoms with Crippen LogP contribution in [0.1, 0.15) is 139 Å². The molecule has 0 saturated heterocycles. The molecule has 0 unspecified atom stereocenters. The van der Waals surface area contributed by atoms with Crippen LogP contribution in [0, 0.1) is 0 Å². The van der Waals surface area contributed by atoms with Crippen molar-refractivity contribution < 1.29 is 9.59 Å². The van der Waals surface area contributed by atoms with Crippen LogP contribution < -0.4 is 0 Å². The van der Waals surface area contributed by atoms with Crippen LogP contribution in [-0.4, -0.2) is 11.6 Å². The highest BCUT2D eigenvalue weighted by Gasteiger charge is 2.11. The number of aryl methyl sites for hydroxylation is 1. The average molecular weight is 415 g/mol. The fourth-order valence-electron chi connectivity index (χ4n) is 3.97. The van der Waals surface area contributed by atoms with Gasteiger partial charge in [-0.05, 0) is 24.8 Å². The maximum absolute atomic E-state index is 12.4. The molecule has 0 heterocycles. The Hall–Kier alpha value is -1.44. The van der Waals surface area contributed by atoms with E-state index in [-0.39, 0.29) is 18.0 Å². The highest BCUT2D eigenvalue weighted by Crippen LogP contribution is 2.14. The largest absolute Gasteiger partial charge is 0.299 e. The zero-order chi connectivity index (χ0) is 21.9. The van der Waals surface area contributed by atoms with Crippen molar-refractivity contribution in [2.45, 2.75) is 129 Å². The molecule has 0 atom stereocenters. The van der Waals surface area contributed by atoms with Crippen molar-refractivity contribution in [1.29, 1.82) is 0 Å². The molecule has 0 radical (unpaired) electrons. The third-order valence-corrected chi connectivity index (χ3v) is 6.01. The fraction of sp³-hybridized carbons (Fsp3) is 0.714. The summed E-state index contributed by atoms with van der Waals surface area (Å²) in [7, 11) is 0. The maximum atomic E-state index is 12.4. The zero-order valence-electron chi connectivity index (χ0n) is 19.9. The van der Waals surface area contributed by atoms with E-state index in [9.17, 15) is 9.59 Å². The molecule has 0 N–H and O–H groups in total. The van der Waals surface area contributed by atoms with E-state index in [0.717, 1.165) is 19.3 Å². The summed E-state index contributed by atoms with van der Waals surface area (Å²) in [6.45, 7) is 4.49. The minimum absolute atomic E-state index is 0.0259. The molecule has 2 heteroatoms. The summed E-state index contributed by atoms with van der Waals surface area (Å²) in [6.07, 6.45) is 20.7. The van der Waals surface area contributed by atoms with E-state index < -0.39 is 0 Å². The molecular formula is C28H46O2. The van der Waals surface area contributed by atoms with E-state index in [0.29, 0.717) is 12.0 Å². The maximum Gasteiger partial charge on any atom is 0.170 e. The molecule has 2 nitrogen and oxygen atoms in total. The Morgan fingerprint density at radius 3 is 1.60 bits per heavy atom. The van der Waals surface area contributed by atoms with Gasteiger partial charge in [-0.15, -0.1) is 0 Å². The topological polar surface area (TPSA) is 34.1 Å². The Bertz CT molecular complexity index is 559. The van der Waals surface area contributed by atoms with Gasteiger partial charge in [0.1, 0.15) is 5.78 Å². The van der Waals surface area contributed by atoms with E-state index in [4.69, 9.17) is 0 Å². The molecule has 0 fully saturated rings. The van der Waals surface area contributed by atoms with Crippen molar-refractivity contribution in [2.24, 2.45) is 0 Å². The number of Topliss-reactive ketones (excluding diaryl/α,β-unsaturated/α-hetero) is 2. The predicted molar refractivity (Wildman–Crippen MR) is 129 cm³/mol. The highest BCUT2D eigenvalue weighted by atomic mass is 16.1. The zero-order valence-corrected chi connectivity index (χ0v) is 19.9. The van der Waals surface area contributed by atoms with Gasteiger partial charge in [-0.2, -0.15) is 0 Å². The molecule has 0 aliphatic carbocycles. The third-order valence-electron chi connectivity index (χ3n) is 6.01. The lowest BCUT2D eigenvalue weighted by atomic mass is 9.99. The Morgan fingerprint density at radius 2 is 1.07 bits per heavy atom. The van der Waals surface area contributed by atoms with E-state index >= 15 is 0 Å². The van der Waals surface area contributed by atoms with Crippen molar-refractivity contribution in [3.05, 3.63) is 35.4 Å². The summed E-state index contributed by atoms with van der Waals surface area (Å²) >= 11 is 0. The fourth-order valence-corrected chi connectivity index (χ4v) is 3.97. The highest BCUT2D eigenvalue weighted by molar-refractivity contribution is 6.07. The second-order valence-electron chi connectivity index (χ2n) is 8.93. The number of carbonyl (C=O) groups excluding carboxylic acids is 2. The standard InChI is InChI=1S/C28H46O2/c1-3-5-7-9-11-12-13-15-17-19-27(29)24-28(30)26-22-20-25(21-23-26)18-16-14-10-8-6-4-2/h20-23H,3-19,24H2,1-2H3. The van der Waals surface area contributed by atoms with Crippen LogP contribution in [0.4, 0.5) is 0 Å². The van der Waals surface area contributed by atoms with Crippen molar-refractivity contribution in [1.82, 2.24) is 0 Å². The Kier molecular flexibility index (Phi) is 16.3. The second-order valence-corrected chi connectivity index (χ2v) is 8.93. The van der Waals surface area contributed by atoms with Gasteiger partial charge < -0.3 is 0 Å². The molecule has 0 aliphatic heterocycles. The van der Waals surface area contributed by atoms with Crippen LogP contribution >= 0.6 is 0 Å². The molecule has 0 aliphatic rings. The molecule has 0 saturated carbocycles. The number of hydrogen-bond acceptors (Lipinski definition) is 2. The normalized spacial score (nSPS) is 11.0. The number of unbranched alkanes of at least 4 members (excludes halogenated alkanes) is 13. The average Bonchev–Trinajstić information content (AvgIpc) is 2.75. The lowest BCUT2D eigenvalue weighted by Crippen LogP contribution is -2.08. The molecule has 170 valence electrons. The first-order valence-electron chi connectivity index (χ1n) is 12.8. The smallest absolute Gasteiger partial charge is 0.170 e. The quantitative estimate of drug-likeness (QED) is 0.121. The summed E-state index contributed by atoms with van der Waals surface area (Å²) in [4.78, 5) is 24.5. The van der Waals surface area contributed by atoms with Gasteiger partial charge in [0, 0.05) is 12.0 Å². The molecule has 0 bridgehead atoms. The van der Waals surface area contributed by atoms with E-state index in [2.05, 4.69) is 26.0 Å². The minimum Gasteiger partial charge on any atom is -0.299 e. The first-order chi connectivity index (χ1) is 14.7. The Balaban J connectivity index is 2.13. The van der Waals surface area contributed by atoms with Crippen LogP contribution in [0.15, 0.2) is 24.3 Å². The SMILES string of the molecule is CCCCCCCCCCCC(=O)CC(=O)c1ccc(CCCCCCCC)cc1. The summed E-state index contributed by atoms with van der Waals surface area (Å²) < 4.78 is 0. The Labute approximate surface area is 186 Å². The molecule has 30 heavy (non-hydrogen) atoms. The van der Waals surface area contributed by atoms with Gasteiger partial charge in [0.2, 0.25) is 0 Å². The lowest BCUT2D eigenvalue weighted by Gasteiger charge is -2.05. The first kappa shape index (κ1) is 26.6. The van der Waals surface area contributed by atoms with Gasteiger partial charge in [0.15, 0.2) is 5.78 Å². The third kappa shape index (κ3) is 13.7. The molecule has 0 amide bonds. The number of ketones is 2. The van der Waals surface area contributed by atoms with Gasteiger partial charge in [0.05, 0.1) is 6.42 Å². The van der Waals surface area contributed by atoms with Crippen molar-refractivity contribution in [3.63, 3.8) is 0 Å². The van der Waals surface area contributed by atoms with Crippen molar-refractivity contribution >= 4 is 11.6 Å². The monoisotopic (exact) mass is 414 g/mol. The van der Waals surface area contributed by atoms with Gasteiger partial charge >= 0.3 is 0 Å². The van der Waals surface area contributed by atoms with Crippen LogP contribution in [0.5, 0.6) is 0 Å². The van der Waals surface area contributed by atoms with Crippen molar-refractivity contribution in [3.8, 4) is 0 Å². The molecular weight excluding hydrogens is 368 g/mol. The van der Waals surface area contributed by atoms with E-state index in [1.54, 1.807) is 0 Å². The summed E-state index contributed by atoms with van der Waals surface area (Å²) in [6, 6.07) is 7.93. The van der Waals surface area contributed by atoms with Gasteiger partial charge in [-0.1, -0.05) is 122 Å². The molecule has 0 aromatic heterocycles. The van der Waals surface area contributed by atoms with Crippen LogP contribution in [0.2, 0.25) is 0 Å². The number of benzene rings is 1.